The number of nitrogens with zero attached hydrogens (tertiary/aromatic N) is 2. The van der Waals surface area contributed by atoms with Crippen molar-refractivity contribution in [3.63, 3.8) is 0 Å². The fourth-order valence-electron chi connectivity index (χ4n) is 2.53. The summed E-state index contributed by atoms with van der Waals surface area (Å²) in [5, 5.41) is 3.07. The van der Waals surface area contributed by atoms with Crippen molar-refractivity contribution in [2.75, 3.05) is 10.0 Å². The Morgan fingerprint density at radius 1 is 0.964 bits per heavy atom. The Balaban J connectivity index is 1.56. The number of aromatic nitrogens is 2. The lowest BCUT2D eigenvalue weighted by Gasteiger charge is -2.04. The van der Waals surface area contributed by atoms with Crippen molar-refractivity contribution in [3.05, 3.63) is 78.6 Å². The van der Waals surface area contributed by atoms with E-state index in [1.807, 2.05) is 0 Å². The van der Waals surface area contributed by atoms with E-state index in [4.69, 9.17) is 0 Å². The summed E-state index contributed by atoms with van der Waals surface area (Å²) < 4.78 is 28.1. The van der Waals surface area contributed by atoms with E-state index in [0.29, 0.717) is 16.8 Å². The maximum absolute atomic E-state index is 12.4. The Morgan fingerprint density at radius 3 is 2.46 bits per heavy atom. The van der Waals surface area contributed by atoms with Gasteiger partial charge < -0.3 is 5.32 Å². The molecule has 0 radical (unpaired) electrons. The first kappa shape index (κ1) is 18.1. The quantitative estimate of drug-likeness (QED) is 0.522. The number of rotatable bonds is 5. The third-order valence-corrected chi connectivity index (χ3v) is 6.28. The van der Waals surface area contributed by atoms with Crippen molar-refractivity contribution in [1.29, 1.82) is 0 Å². The summed E-state index contributed by atoms with van der Waals surface area (Å²) in [6.07, 6.45) is 3.10. The van der Waals surface area contributed by atoms with E-state index in [2.05, 4.69) is 20.0 Å². The Hall–Kier alpha value is -3.30. The van der Waals surface area contributed by atoms with Gasteiger partial charge in [-0.2, -0.15) is 0 Å². The van der Waals surface area contributed by atoms with Gasteiger partial charge in [0.25, 0.3) is 15.9 Å². The van der Waals surface area contributed by atoms with Gasteiger partial charge in [0.05, 0.1) is 15.1 Å². The van der Waals surface area contributed by atoms with Crippen molar-refractivity contribution in [2.45, 2.75) is 4.90 Å². The van der Waals surface area contributed by atoms with Crippen molar-refractivity contribution < 1.29 is 13.2 Å². The molecule has 0 fully saturated rings. The number of anilines is 2. The number of thiazole rings is 1. The molecule has 0 spiro atoms. The normalized spacial score (nSPS) is 11.3. The fraction of sp³-hybridized carbons (Fsp3) is 0. The van der Waals surface area contributed by atoms with Crippen LogP contribution in [0.25, 0.3) is 10.2 Å². The number of amides is 1. The molecule has 2 aromatic heterocycles. The number of benzene rings is 2. The van der Waals surface area contributed by atoms with Crippen molar-refractivity contribution in [1.82, 2.24) is 9.97 Å². The van der Waals surface area contributed by atoms with Crippen molar-refractivity contribution in [3.8, 4) is 0 Å². The van der Waals surface area contributed by atoms with Gasteiger partial charge in [-0.3, -0.25) is 14.5 Å². The van der Waals surface area contributed by atoms with Crippen LogP contribution in [-0.4, -0.2) is 24.3 Å². The van der Waals surface area contributed by atoms with Crippen LogP contribution < -0.4 is 10.0 Å². The lowest BCUT2D eigenvalue weighted by molar-refractivity contribution is 0.102. The number of fused-ring (bicyclic) bond motifs is 1. The van der Waals surface area contributed by atoms with E-state index < -0.39 is 10.0 Å². The Morgan fingerprint density at radius 2 is 1.71 bits per heavy atom. The number of hydrogen-bond acceptors (Lipinski definition) is 6. The molecule has 2 heterocycles. The molecule has 1 amide bonds. The van der Waals surface area contributed by atoms with Crippen LogP contribution in [-0.2, 0) is 10.0 Å². The summed E-state index contributed by atoms with van der Waals surface area (Å²) in [4.78, 5) is 20.6. The molecule has 9 heteroatoms. The van der Waals surface area contributed by atoms with Gasteiger partial charge in [0, 0.05) is 23.6 Å². The van der Waals surface area contributed by atoms with Crippen LogP contribution in [0, 0.1) is 0 Å². The maximum Gasteiger partial charge on any atom is 0.263 e. The first-order chi connectivity index (χ1) is 13.5. The Bertz CT molecular complexity index is 1240. The Kier molecular flexibility index (Phi) is 4.76. The molecule has 0 saturated heterocycles. The molecule has 0 aliphatic carbocycles. The smallest absolute Gasteiger partial charge is 0.263 e. The molecule has 0 aliphatic rings. The molecule has 0 bridgehead atoms. The summed E-state index contributed by atoms with van der Waals surface area (Å²) >= 11 is 1.19. The number of hydrogen-bond donors (Lipinski definition) is 2. The summed E-state index contributed by atoms with van der Waals surface area (Å²) in [5.74, 6) is -0.253. The van der Waals surface area contributed by atoms with E-state index >= 15 is 0 Å². The number of pyridine rings is 1. The van der Waals surface area contributed by atoms with E-state index in [1.54, 1.807) is 60.9 Å². The number of carbonyl (C=O) groups excluding carboxylic acids is 1. The second-order valence-electron chi connectivity index (χ2n) is 5.81. The second kappa shape index (κ2) is 7.37. The molecule has 7 nitrogen and oxygen atoms in total. The number of sulfonamides is 1. The largest absolute Gasteiger partial charge is 0.322 e. The highest BCUT2D eigenvalue weighted by Crippen LogP contribution is 2.30. The lowest BCUT2D eigenvalue weighted by Crippen LogP contribution is -2.12. The molecule has 28 heavy (non-hydrogen) atoms. The standard InChI is InChI=1S/C19H14N4O3S2/c24-18(13-8-10-20-11-9-13)21-14-6-7-16-17(12-14)27-19(22-16)23-28(25,26)15-4-2-1-3-5-15/h1-12H,(H,21,24)(H,22,23). The monoisotopic (exact) mass is 410 g/mol. The van der Waals surface area contributed by atoms with Crippen molar-refractivity contribution in [2.24, 2.45) is 0 Å². The minimum Gasteiger partial charge on any atom is -0.322 e. The van der Waals surface area contributed by atoms with E-state index in [-0.39, 0.29) is 15.9 Å². The van der Waals surface area contributed by atoms with Crippen LogP contribution in [0.5, 0.6) is 0 Å². The molecule has 4 aromatic rings. The van der Waals surface area contributed by atoms with Gasteiger partial charge in [-0.15, -0.1) is 0 Å². The van der Waals surface area contributed by atoms with E-state index in [0.717, 1.165) is 4.70 Å². The predicted molar refractivity (Wildman–Crippen MR) is 109 cm³/mol. The van der Waals surface area contributed by atoms with Crippen LogP contribution in [0.4, 0.5) is 10.8 Å². The van der Waals surface area contributed by atoms with Gasteiger partial charge in [0.2, 0.25) is 0 Å². The van der Waals surface area contributed by atoms with Crippen LogP contribution in [0.1, 0.15) is 10.4 Å². The van der Waals surface area contributed by atoms with Gasteiger partial charge >= 0.3 is 0 Å². The highest BCUT2D eigenvalue weighted by Gasteiger charge is 2.16. The molecule has 0 unspecified atom stereocenters. The van der Waals surface area contributed by atoms with E-state index in [9.17, 15) is 13.2 Å². The predicted octanol–water partition coefficient (Wildman–Crippen LogP) is 3.74. The Labute approximate surface area is 165 Å². The molecule has 0 atom stereocenters. The zero-order valence-corrected chi connectivity index (χ0v) is 16.0. The molecule has 2 aromatic carbocycles. The minimum atomic E-state index is -3.70. The van der Waals surface area contributed by atoms with Gasteiger partial charge in [-0.25, -0.2) is 13.4 Å². The minimum absolute atomic E-state index is 0.166. The van der Waals surface area contributed by atoms with Gasteiger partial charge in [-0.05, 0) is 42.5 Å². The topological polar surface area (TPSA) is 101 Å². The number of carbonyl (C=O) groups is 1. The molecule has 2 N–H and O–H groups in total. The van der Waals surface area contributed by atoms with Crippen molar-refractivity contribution >= 4 is 48.3 Å². The zero-order chi connectivity index (χ0) is 19.6. The van der Waals surface area contributed by atoms with Gasteiger partial charge in [0.1, 0.15) is 0 Å². The van der Waals surface area contributed by atoms with Crippen LogP contribution in [0.2, 0.25) is 0 Å². The van der Waals surface area contributed by atoms with Crippen LogP contribution in [0.15, 0.2) is 78.0 Å². The van der Waals surface area contributed by atoms with Gasteiger partial charge in [0.15, 0.2) is 5.13 Å². The highest BCUT2D eigenvalue weighted by atomic mass is 32.2. The summed E-state index contributed by atoms with van der Waals surface area (Å²) in [6.45, 7) is 0. The first-order valence-corrected chi connectivity index (χ1v) is 10.5. The average Bonchev–Trinajstić information content (AvgIpc) is 3.10. The third kappa shape index (κ3) is 3.85. The van der Waals surface area contributed by atoms with Crippen LogP contribution in [0.3, 0.4) is 0 Å². The molecule has 4 rings (SSSR count). The SMILES string of the molecule is O=C(Nc1ccc2nc(NS(=O)(=O)c3ccccc3)sc2c1)c1ccncc1. The summed E-state index contributed by atoms with van der Waals surface area (Å²) in [7, 11) is -3.70. The van der Waals surface area contributed by atoms with Gasteiger partial charge in [-0.1, -0.05) is 29.5 Å². The molecule has 140 valence electrons. The first-order valence-electron chi connectivity index (χ1n) is 8.21. The van der Waals surface area contributed by atoms with Crippen LogP contribution >= 0.6 is 11.3 Å². The second-order valence-corrected chi connectivity index (χ2v) is 8.52. The summed E-state index contributed by atoms with van der Waals surface area (Å²) in [6, 6.07) is 16.5. The zero-order valence-electron chi connectivity index (χ0n) is 14.4. The highest BCUT2D eigenvalue weighted by molar-refractivity contribution is 7.93. The molecular formula is C19H14N4O3S2. The average molecular weight is 410 g/mol. The number of nitrogens with one attached hydrogen (secondary N) is 2. The lowest BCUT2D eigenvalue weighted by atomic mass is 10.2. The molecular weight excluding hydrogens is 396 g/mol. The summed E-state index contributed by atoms with van der Waals surface area (Å²) in [5.41, 5.74) is 1.73. The maximum atomic E-state index is 12.4. The fourth-order valence-corrected chi connectivity index (χ4v) is 4.69. The van der Waals surface area contributed by atoms with E-state index in [1.165, 1.54) is 23.5 Å². The third-order valence-electron chi connectivity index (χ3n) is 3.86. The molecule has 0 aliphatic heterocycles. The molecule has 0 saturated carbocycles.